The van der Waals surface area contributed by atoms with Crippen LogP contribution in [-0.4, -0.2) is 0 Å². The maximum atomic E-state index is 2.25. The van der Waals surface area contributed by atoms with E-state index >= 15 is 0 Å². The van der Waals surface area contributed by atoms with Crippen molar-refractivity contribution in [3.8, 4) is 0 Å². The molecule has 0 radical (unpaired) electrons. The summed E-state index contributed by atoms with van der Waals surface area (Å²) in [6.07, 6.45) is 0. The first-order valence-corrected chi connectivity index (χ1v) is 9.96. The van der Waals surface area contributed by atoms with Gasteiger partial charge in [0.1, 0.15) is 0 Å². The zero-order chi connectivity index (χ0) is 18.4. The molecule has 1 aromatic heterocycles. The summed E-state index contributed by atoms with van der Waals surface area (Å²) < 4.78 is 1.43. The molecule has 3 rings (SSSR count). The van der Waals surface area contributed by atoms with Crippen LogP contribution in [0.3, 0.4) is 0 Å². The molecule has 0 spiro atoms. The summed E-state index contributed by atoms with van der Waals surface area (Å²) >= 11 is 1.91. The van der Waals surface area contributed by atoms with Crippen molar-refractivity contribution < 1.29 is 0 Å². The molecule has 0 aliphatic carbocycles. The minimum atomic E-state index is 1.34. The number of aryl methyl sites for hydroxylation is 2. The van der Waals surface area contributed by atoms with Gasteiger partial charge in [-0.2, -0.15) is 0 Å². The van der Waals surface area contributed by atoms with Crippen LogP contribution in [0.2, 0.25) is 0 Å². The molecule has 1 heterocycles. The first kappa shape index (κ1) is 23.9. The average Bonchev–Trinajstić information content (AvgIpc) is 2.97. The van der Waals surface area contributed by atoms with Gasteiger partial charge in [0.25, 0.3) is 0 Å². The summed E-state index contributed by atoms with van der Waals surface area (Å²) in [6.45, 7) is 20.4. The summed E-state index contributed by atoms with van der Waals surface area (Å²) in [5.74, 6) is 0. The molecule has 1 heteroatoms. The second-order valence-electron chi connectivity index (χ2n) is 3.95. The second-order valence-corrected chi connectivity index (χ2v) is 5.17. The Bertz CT molecular complexity index is 647. The predicted octanol–water partition coefficient (Wildman–Crippen LogP) is 8.78. The van der Waals surface area contributed by atoms with Gasteiger partial charge in [-0.05, 0) is 35.6 Å². The Morgan fingerprint density at radius 1 is 0.609 bits per heavy atom. The molecule has 0 aliphatic rings. The van der Waals surface area contributed by atoms with Crippen molar-refractivity contribution in [1.82, 2.24) is 0 Å². The van der Waals surface area contributed by atoms with E-state index in [0.717, 1.165) is 0 Å². The minimum absolute atomic E-state index is 1.34. The molecule has 0 saturated heterocycles. The monoisotopic (exact) mass is 332 g/mol. The molecule has 0 N–H and O–H groups in total. The summed E-state index contributed by atoms with van der Waals surface area (Å²) in [5, 5.41) is 4.14. The highest BCUT2D eigenvalue weighted by Crippen LogP contribution is 2.35. The van der Waals surface area contributed by atoms with Crippen molar-refractivity contribution in [2.45, 2.75) is 69.2 Å². The SMILES string of the molecule is CC.CC.CC.CC.Cc1sc2c(ccc3ccccc32)c1C. The summed E-state index contributed by atoms with van der Waals surface area (Å²) in [5.41, 5.74) is 1.43. The Balaban J connectivity index is 0. The van der Waals surface area contributed by atoms with E-state index in [2.05, 4.69) is 50.2 Å². The van der Waals surface area contributed by atoms with Gasteiger partial charge in [0.05, 0.1) is 0 Å². The lowest BCUT2D eigenvalue weighted by molar-refractivity contribution is 1.47. The maximum Gasteiger partial charge on any atom is 0.0426 e. The first-order valence-electron chi connectivity index (χ1n) is 9.15. The van der Waals surface area contributed by atoms with Gasteiger partial charge >= 0.3 is 0 Å². The third-order valence-corrected chi connectivity index (χ3v) is 4.32. The number of thiophene rings is 1. The molecule has 0 atom stereocenters. The molecule has 3 aromatic rings. The van der Waals surface area contributed by atoms with Crippen molar-refractivity contribution in [2.24, 2.45) is 0 Å². The molecule has 0 saturated carbocycles. The number of rotatable bonds is 0. The Morgan fingerprint density at radius 2 is 1.13 bits per heavy atom. The predicted molar refractivity (Wildman–Crippen MR) is 114 cm³/mol. The summed E-state index contributed by atoms with van der Waals surface area (Å²) in [6, 6.07) is 13.1. The Morgan fingerprint density at radius 3 is 1.70 bits per heavy atom. The maximum absolute atomic E-state index is 2.25. The van der Waals surface area contributed by atoms with Crippen LogP contribution in [0.25, 0.3) is 20.9 Å². The van der Waals surface area contributed by atoms with E-state index in [0.29, 0.717) is 0 Å². The number of hydrogen-bond acceptors (Lipinski definition) is 1. The van der Waals surface area contributed by atoms with Gasteiger partial charge in [-0.1, -0.05) is 91.8 Å². The van der Waals surface area contributed by atoms with E-state index in [4.69, 9.17) is 0 Å². The van der Waals surface area contributed by atoms with Crippen LogP contribution >= 0.6 is 11.3 Å². The van der Waals surface area contributed by atoms with Gasteiger partial charge in [0.15, 0.2) is 0 Å². The van der Waals surface area contributed by atoms with Crippen LogP contribution < -0.4 is 0 Å². The zero-order valence-corrected chi connectivity index (χ0v) is 17.7. The van der Waals surface area contributed by atoms with E-state index in [9.17, 15) is 0 Å². The third-order valence-electron chi connectivity index (χ3n) is 3.07. The topological polar surface area (TPSA) is 0 Å². The molecular formula is C22H36S. The molecule has 0 aliphatic heterocycles. The smallest absolute Gasteiger partial charge is 0.0426 e. The van der Waals surface area contributed by atoms with Crippen LogP contribution in [-0.2, 0) is 0 Å². The van der Waals surface area contributed by atoms with Crippen molar-refractivity contribution in [3.63, 3.8) is 0 Å². The average molecular weight is 333 g/mol. The second kappa shape index (κ2) is 14.3. The van der Waals surface area contributed by atoms with E-state index < -0.39 is 0 Å². The Labute approximate surface area is 148 Å². The fourth-order valence-corrected chi connectivity index (χ4v) is 3.26. The summed E-state index contributed by atoms with van der Waals surface area (Å²) in [7, 11) is 0. The highest BCUT2D eigenvalue weighted by Gasteiger charge is 2.07. The van der Waals surface area contributed by atoms with E-state index in [-0.39, 0.29) is 0 Å². The fourth-order valence-electron chi connectivity index (χ4n) is 2.07. The van der Waals surface area contributed by atoms with E-state index in [1.165, 1.54) is 31.3 Å². The molecule has 0 unspecified atom stereocenters. The number of hydrogen-bond donors (Lipinski definition) is 0. The van der Waals surface area contributed by atoms with Gasteiger partial charge in [-0.25, -0.2) is 0 Å². The van der Waals surface area contributed by atoms with Gasteiger partial charge in [0, 0.05) is 9.58 Å². The minimum Gasteiger partial charge on any atom is -0.140 e. The first-order chi connectivity index (χ1) is 11.3. The summed E-state index contributed by atoms with van der Waals surface area (Å²) in [4.78, 5) is 1.43. The van der Waals surface area contributed by atoms with Gasteiger partial charge in [-0.15, -0.1) is 11.3 Å². The van der Waals surface area contributed by atoms with Crippen molar-refractivity contribution in [1.29, 1.82) is 0 Å². The Hall–Kier alpha value is -1.34. The number of benzene rings is 2. The zero-order valence-electron chi connectivity index (χ0n) is 16.9. The van der Waals surface area contributed by atoms with E-state index in [1.54, 1.807) is 0 Å². The Kier molecular flexibility index (Phi) is 14.8. The lowest BCUT2D eigenvalue weighted by atomic mass is 10.1. The molecular weight excluding hydrogens is 296 g/mol. The van der Waals surface area contributed by atoms with Gasteiger partial charge in [0.2, 0.25) is 0 Å². The molecule has 0 fully saturated rings. The van der Waals surface area contributed by atoms with Crippen LogP contribution in [0.5, 0.6) is 0 Å². The highest BCUT2D eigenvalue weighted by molar-refractivity contribution is 7.20. The van der Waals surface area contributed by atoms with Crippen molar-refractivity contribution in [3.05, 3.63) is 46.8 Å². The highest BCUT2D eigenvalue weighted by atomic mass is 32.1. The standard InChI is InChI=1S/C14H12S.4C2H6/c1-9-10(2)15-14-12(9)8-7-11-5-3-4-6-13(11)14;4*1-2/h3-8H,1-2H3;4*1-2H3. The fraction of sp³-hybridized carbons (Fsp3) is 0.455. The van der Waals surface area contributed by atoms with Crippen LogP contribution in [0, 0.1) is 13.8 Å². The third kappa shape index (κ3) is 5.99. The van der Waals surface area contributed by atoms with E-state index in [1.807, 2.05) is 66.7 Å². The largest absolute Gasteiger partial charge is 0.140 e. The molecule has 2 aromatic carbocycles. The normalized spacial score (nSPS) is 8.43. The molecule has 23 heavy (non-hydrogen) atoms. The molecule has 0 nitrogen and oxygen atoms in total. The quantitative estimate of drug-likeness (QED) is 0.386. The van der Waals surface area contributed by atoms with Crippen LogP contribution in [0.4, 0.5) is 0 Å². The molecule has 0 amide bonds. The van der Waals surface area contributed by atoms with Crippen molar-refractivity contribution in [2.75, 3.05) is 0 Å². The lowest BCUT2D eigenvalue weighted by Crippen LogP contribution is -1.73. The molecule has 130 valence electrons. The number of fused-ring (bicyclic) bond motifs is 3. The van der Waals surface area contributed by atoms with Crippen LogP contribution in [0.1, 0.15) is 65.8 Å². The van der Waals surface area contributed by atoms with Gasteiger partial charge in [-0.3, -0.25) is 0 Å². The lowest BCUT2D eigenvalue weighted by Gasteiger charge is -1.98. The molecule has 0 bridgehead atoms. The van der Waals surface area contributed by atoms with Gasteiger partial charge < -0.3 is 0 Å². The van der Waals surface area contributed by atoms with Crippen LogP contribution in [0.15, 0.2) is 36.4 Å². The van der Waals surface area contributed by atoms with Crippen molar-refractivity contribution >= 4 is 32.2 Å².